The number of hydrogen-bond donors (Lipinski definition) is 2. The van der Waals surface area contributed by atoms with E-state index >= 15 is 0 Å². The van der Waals surface area contributed by atoms with Gasteiger partial charge < -0.3 is 10.9 Å². The van der Waals surface area contributed by atoms with Gasteiger partial charge in [0, 0.05) is 24.2 Å². The molecule has 0 saturated carbocycles. The fourth-order valence-electron chi connectivity index (χ4n) is 3.14. The number of rotatable bonds is 4. The van der Waals surface area contributed by atoms with Crippen LogP contribution in [0.2, 0.25) is 0 Å². The van der Waals surface area contributed by atoms with Gasteiger partial charge in [0.2, 0.25) is 0 Å². The maximum Gasteiger partial charge on any atom is 0.170 e. The van der Waals surface area contributed by atoms with E-state index in [2.05, 4.69) is 36.9 Å². The van der Waals surface area contributed by atoms with E-state index < -0.39 is 0 Å². The first-order valence-electron chi connectivity index (χ1n) is 7.40. The Morgan fingerprint density at radius 2 is 2.20 bits per heavy atom. The topological polar surface area (TPSA) is 61.8 Å². The van der Waals surface area contributed by atoms with Crippen molar-refractivity contribution in [3.05, 3.63) is 34.9 Å². The third-order valence-electron chi connectivity index (χ3n) is 4.52. The van der Waals surface area contributed by atoms with Crippen LogP contribution >= 0.6 is 0 Å². The molecule has 0 spiro atoms. The van der Waals surface area contributed by atoms with E-state index in [4.69, 9.17) is 10.9 Å². The highest BCUT2D eigenvalue weighted by Gasteiger charge is 2.29. The maximum atomic E-state index is 8.73. The second-order valence-electron chi connectivity index (χ2n) is 5.79. The van der Waals surface area contributed by atoms with E-state index in [-0.39, 0.29) is 5.84 Å². The van der Waals surface area contributed by atoms with Gasteiger partial charge in [0.05, 0.1) is 0 Å². The highest BCUT2D eigenvalue weighted by atomic mass is 16.4. The third kappa shape index (κ3) is 2.96. The predicted octanol–water partition coefficient (Wildman–Crippen LogP) is 2.85. The molecule has 4 heteroatoms. The van der Waals surface area contributed by atoms with Crippen molar-refractivity contribution < 1.29 is 5.21 Å². The highest BCUT2D eigenvalue weighted by molar-refractivity contribution is 5.97. The Labute approximate surface area is 121 Å². The van der Waals surface area contributed by atoms with Crippen LogP contribution < -0.4 is 5.73 Å². The molecule has 1 saturated heterocycles. The van der Waals surface area contributed by atoms with Gasteiger partial charge in [-0.15, -0.1) is 0 Å². The fourth-order valence-corrected chi connectivity index (χ4v) is 3.14. The quantitative estimate of drug-likeness (QED) is 0.384. The van der Waals surface area contributed by atoms with Crippen LogP contribution in [0.3, 0.4) is 0 Å². The molecule has 20 heavy (non-hydrogen) atoms. The van der Waals surface area contributed by atoms with Gasteiger partial charge in [-0.3, -0.25) is 4.90 Å². The Bertz CT molecular complexity index is 498. The summed E-state index contributed by atoms with van der Waals surface area (Å²) in [5.74, 6) is 0.167. The van der Waals surface area contributed by atoms with Gasteiger partial charge in [0.25, 0.3) is 0 Å². The molecule has 3 N–H and O–H groups in total. The van der Waals surface area contributed by atoms with Crippen LogP contribution in [0.5, 0.6) is 0 Å². The summed E-state index contributed by atoms with van der Waals surface area (Å²) in [4.78, 5) is 2.60. The smallest absolute Gasteiger partial charge is 0.170 e. The predicted molar refractivity (Wildman–Crippen MR) is 82.0 cm³/mol. The minimum absolute atomic E-state index is 0.167. The molecule has 0 bridgehead atoms. The number of nitrogens with two attached hydrogens (primary N) is 1. The van der Waals surface area contributed by atoms with E-state index in [0.717, 1.165) is 12.1 Å². The molecule has 4 nitrogen and oxygen atoms in total. The number of benzene rings is 1. The number of amidine groups is 1. The van der Waals surface area contributed by atoms with Crippen molar-refractivity contribution in [1.29, 1.82) is 0 Å². The number of likely N-dealkylation sites (tertiary alicyclic amines) is 1. The van der Waals surface area contributed by atoms with Gasteiger partial charge in [0.1, 0.15) is 0 Å². The summed E-state index contributed by atoms with van der Waals surface area (Å²) in [5.41, 5.74) is 8.93. The summed E-state index contributed by atoms with van der Waals surface area (Å²) in [6, 6.07) is 7.38. The van der Waals surface area contributed by atoms with E-state index in [1.54, 1.807) is 0 Å². The molecule has 2 atom stereocenters. The Morgan fingerprint density at radius 1 is 1.45 bits per heavy atom. The van der Waals surface area contributed by atoms with Gasteiger partial charge in [-0.25, -0.2) is 0 Å². The Hall–Kier alpha value is -1.55. The molecule has 110 valence electrons. The Morgan fingerprint density at radius 3 is 2.80 bits per heavy atom. The Balaban J connectivity index is 2.17. The summed E-state index contributed by atoms with van der Waals surface area (Å²) >= 11 is 0. The minimum atomic E-state index is 0.167. The average molecular weight is 275 g/mol. The molecular weight excluding hydrogens is 250 g/mol. The molecule has 0 amide bonds. The number of aryl methyl sites for hydroxylation is 1. The maximum absolute atomic E-state index is 8.73. The summed E-state index contributed by atoms with van der Waals surface area (Å²) in [5, 5.41) is 11.8. The molecule has 1 fully saturated rings. The van der Waals surface area contributed by atoms with Crippen molar-refractivity contribution in [2.45, 2.75) is 58.7 Å². The molecule has 2 rings (SSSR count). The summed E-state index contributed by atoms with van der Waals surface area (Å²) in [6.07, 6.45) is 3.81. The molecule has 0 aliphatic carbocycles. The lowest BCUT2D eigenvalue weighted by Crippen LogP contribution is -2.33. The largest absolute Gasteiger partial charge is 0.409 e. The SMILES string of the molecule is CCC1CCC(C)N1Cc1ccc(/C(N)=N/O)cc1C. The van der Waals surface area contributed by atoms with Crippen LogP contribution in [0.1, 0.15) is 49.8 Å². The van der Waals surface area contributed by atoms with Gasteiger partial charge >= 0.3 is 0 Å². The molecule has 0 radical (unpaired) electrons. The van der Waals surface area contributed by atoms with Crippen molar-refractivity contribution in [2.24, 2.45) is 10.9 Å². The van der Waals surface area contributed by atoms with Gasteiger partial charge in [-0.05, 0) is 50.3 Å². The first-order chi connectivity index (χ1) is 9.56. The monoisotopic (exact) mass is 275 g/mol. The van der Waals surface area contributed by atoms with Gasteiger partial charge in [0.15, 0.2) is 5.84 Å². The zero-order valence-corrected chi connectivity index (χ0v) is 12.6. The first kappa shape index (κ1) is 14.9. The first-order valence-corrected chi connectivity index (χ1v) is 7.40. The van der Waals surface area contributed by atoms with Crippen LogP contribution in [0.15, 0.2) is 23.4 Å². The lowest BCUT2D eigenvalue weighted by molar-refractivity contribution is 0.189. The average Bonchev–Trinajstić information content (AvgIpc) is 2.80. The fraction of sp³-hybridized carbons (Fsp3) is 0.562. The number of hydrogen-bond acceptors (Lipinski definition) is 3. The Kier molecular flexibility index (Phi) is 4.65. The van der Waals surface area contributed by atoms with Gasteiger partial charge in [-0.2, -0.15) is 0 Å². The molecule has 1 aliphatic rings. The van der Waals surface area contributed by atoms with Crippen LogP contribution in [0.4, 0.5) is 0 Å². The molecule has 1 aromatic rings. The van der Waals surface area contributed by atoms with Gasteiger partial charge in [-0.1, -0.05) is 24.2 Å². The zero-order chi connectivity index (χ0) is 14.7. The van der Waals surface area contributed by atoms with E-state index in [0.29, 0.717) is 12.1 Å². The normalized spacial score (nSPS) is 24.2. The van der Waals surface area contributed by atoms with Crippen LogP contribution in [0, 0.1) is 6.92 Å². The van der Waals surface area contributed by atoms with Crippen LogP contribution in [0.25, 0.3) is 0 Å². The molecule has 1 aliphatic heterocycles. The third-order valence-corrected chi connectivity index (χ3v) is 4.52. The number of nitrogens with zero attached hydrogens (tertiary/aromatic N) is 2. The van der Waals surface area contributed by atoms with Crippen molar-refractivity contribution in [3.63, 3.8) is 0 Å². The zero-order valence-electron chi connectivity index (χ0n) is 12.6. The molecular formula is C16H25N3O. The lowest BCUT2D eigenvalue weighted by atomic mass is 10.0. The molecule has 1 aromatic carbocycles. The van der Waals surface area contributed by atoms with Crippen molar-refractivity contribution in [3.8, 4) is 0 Å². The van der Waals surface area contributed by atoms with E-state index in [9.17, 15) is 0 Å². The second kappa shape index (κ2) is 6.27. The minimum Gasteiger partial charge on any atom is -0.409 e. The molecule has 1 heterocycles. The van der Waals surface area contributed by atoms with Crippen molar-refractivity contribution >= 4 is 5.84 Å². The summed E-state index contributed by atoms with van der Waals surface area (Å²) in [7, 11) is 0. The molecule has 2 unspecified atom stereocenters. The van der Waals surface area contributed by atoms with Crippen molar-refractivity contribution in [1.82, 2.24) is 4.90 Å². The standard InChI is InChI=1S/C16H25N3O/c1-4-15-8-5-12(3)19(15)10-14-7-6-13(9-11(14)2)16(17)18-20/h6-7,9,12,15,20H,4-5,8,10H2,1-3H3,(H2,17,18). The summed E-state index contributed by atoms with van der Waals surface area (Å²) < 4.78 is 0. The summed E-state index contributed by atoms with van der Waals surface area (Å²) in [6.45, 7) is 7.66. The van der Waals surface area contributed by atoms with Crippen LogP contribution in [-0.4, -0.2) is 28.0 Å². The van der Waals surface area contributed by atoms with Crippen LogP contribution in [-0.2, 0) is 6.54 Å². The van der Waals surface area contributed by atoms with E-state index in [1.807, 2.05) is 12.1 Å². The lowest BCUT2D eigenvalue weighted by Gasteiger charge is -2.28. The molecule has 0 aromatic heterocycles. The second-order valence-corrected chi connectivity index (χ2v) is 5.79. The van der Waals surface area contributed by atoms with Crippen molar-refractivity contribution in [2.75, 3.05) is 0 Å². The highest BCUT2D eigenvalue weighted by Crippen LogP contribution is 2.28. The van der Waals surface area contributed by atoms with E-state index in [1.165, 1.54) is 30.4 Å². The number of oxime groups is 1.